The van der Waals surface area contributed by atoms with Gasteiger partial charge in [-0.05, 0) is 62.2 Å². The van der Waals surface area contributed by atoms with E-state index in [0.717, 1.165) is 57.7 Å². The number of carbonyl (C=O) groups is 1. The Hall–Kier alpha value is -2.47. The molecule has 0 aromatic heterocycles. The molecule has 1 N–H and O–H groups in total. The second-order valence-corrected chi connectivity index (χ2v) is 7.26. The molecule has 0 unspecified atom stereocenters. The number of halogens is 2. The van der Waals surface area contributed by atoms with Crippen molar-refractivity contribution in [3.8, 4) is 0 Å². The van der Waals surface area contributed by atoms with Gasteiger partial charge in [0.25, 0.3) is 5.91 Å². The molecule has 1 aliphatic rings. The number of hydrogen-bond acceptors (Lipinski definition) is 3. The van der Waals surface area contributed by atoms with E-state index in [1.807, 2.05) is 0 Å². The van der Waals surface area contributed by atoms with Crippen LogP contribution in [0.3, 0.4) is 0 Å². The van der Waals surface area contributed by atoms with Crippen LogP contribution in [0, 0.1) is 18.6 Å². The Morgan fingerprint density at radius 1 is 1.00 bits per heavy atom. The Bertz CT molecular complexity index is 804. The van der Waals surface area contributed by atoms with Crippen LogP contribution in [0.1, 0.15) is 28.8 Å². The Balaban J connectivity index is 1.32. The van der Waals surface area contributed by atoms with Crippen molar-refractivity contribution in [3.63, 3.8) is 0 Å². The van der Waals surface area contributed by atoms with Crippen LogP contribution in [0.15, 0.2) is 42.5 Å². The Morgan fingerprint density at radius 3 is 2.50 bits per heavy atom. The van der Waals surface area contributed by atoms with Crippen LogP contribution in [0.25, 0.3) is 0 Å². The van der Waals surface area contributed by atoms with E-state index in [0.29, 0.717) is 6.54 Å². The predicted molar refractivity (Wildman–Crippen MR) is 108 cm³/mol. The number of aryl methyl sites for hydroxylation is 1. The molecule has 2 aromatic rings. The molecule has 3 rings (SSSR count). The van der Waals surface area contributed by atoms with E-state index in [2.05, 4.69) is 46.3 Å². The number of piperazine rings is 1. The molecule has 6 heteroatoms. The van der Waals surface area contributed by atoms with Crippen LogP contribution in [0.5, 0.6) is 0 Å². The number of benzene rings is 2. The van der Waals surface area contributed by atoms with Crippen molar-refractivity contribution in [1.29, 1.82) is 0 Å². The zero-order chi connectivity index (χ0) is 19.9. The average Bonchev–Trinajstić information content (AvgIpc) is 2.70. The normalized spacial score (nSPS) is 14.9. The Morgan fingerprint density at radius 2 is 1.79 bits per heavy atom. The van der Waals surface area contributed by atoms with Gasteiger partial charge in [0.2, 0.25) is 0 Å². The SMILES string of the molecule is Cc1cccc(N2CCN(CCCCNC(=O)c3ccc(F)c(F)c3)CC2)c1. The summed E-state index contributed by atoms with van der Waals surface area (Å²) < 4.78 is 26.1. The fraction of sp³-hybridized carbons (Fsp3) is 0.409. The molecule has 1 heterocycles. The molecule has 1 aliphatic heterocycles. The molecule has 2 aromatic carbocycles. The number of amides is 1. The number of carbonyl (C=O) groups excluding carboxylic acids is 1. The number of unbranched alkanes of at least 4 members (excludes halogenated alkanes) is 1. The van der Waals surface area contributed by atoms with Crippen LogP contribution in [-0.4, -0.2) is 50.1 Å². The molecule has 1 fully saturated rings. The Kier molecular flexibility index (Phi) is 6.98. The van der Waals surface area contributed by atoms with Gasteiger partial charge in [-0.1, -0.05) is 12.1 Å². The molecule has 0 saturated carbocycles. The summed E-state index contributed by atoms with van der Waals surface area (Å²) in [4.78, 5) is 16.8. The van der Waals surface area contributed by atoms with Crippen molar-refractivity contribution >= 4 is 11.6 Å². The fourth-order valence-corrected chi connectivity index (χ4v) is 3.46. The maximum absolute atomic E-state index is 13.2. The highest BCUT2D eigenvalue weighted by molar-refractivity contribution is 5.94. The van der Waals surface area contributed by atoms with Crippen LogP contribution < -0.4 is 10.2 Å². The zero-order valence-electron chi connectivity index (χ0n) is 16.3. The Labute approximate surface area is 165 Å². The minimum atomic E-state index is -1.00. The number of rotatable bonds is 7. The number of hydrogen-bond donors (Lipinski definition) is 1. The third kappa shape index (κ3) is 5.52. The summed E-state index contributed by atoms with van der Waals surface area (Å²) in [5.74, 6) is -2.32. The molecule has 28 heavy (non-hydrogen) atoms. The molecule has 0 radical (unpaired) electrons. The predicted octanol–water partition coefficient (Wildman–Crippen LogP) is 3.61. The van der Waals surface area contributed by atoms with E-state index in [-0.39, 0.29) is 11.5 Å². The van der Waals surface area contributed by atoms with Crippen LogP contribution >= 0.6 is 0 Å². The fourth-order valence-electron chi connectivity index (χ4n) is 3.46. The number of nitrogens with one attached hydrogen (secondary N) is 1. The van der Waals surface area contributed by atoms with Crippen LogP contribution in [-0.2, 0) is 0 Å². The third-order valence-corrected chi connectivity index (χ3v) is 5.11. The summed E-state index contributed by atoms with van der Waals surface area (Å²) in [5.41, 5.74) is 2.72. The first-order chi connectivity index (χ1) is 13.5. The lowest BCUT2D eigenvalue weighted by molar-refractivity contribution is 0.0952. The van der Waals surface area contributed by atoms with Gasteiger partial charge in [0.1, 0.15) is 0 Å². The molecule has 0 bridgehead atoms. The monoisotopic (exact) mass is 387 g/mol. The van der Waals surface area contributed by atoms with E-state index in [1.165, 1.54) is 17.3 Å². The summed E-state index contributed by atoms with van der Waals surface area (Å²) in [7, 11) is 0. The van der Waals surface area contributed by atoms with E-state index in [4.69, 9.17) is 0 Å². The number of anilines is 1. The van der Waals surface area contributed by atoms with E-state index in [1.54, 1.807) is 0 Å². The van der Waals surface area contributed by atoms with Gasteiger partial charge in [-0.3, -0.25) is 9.69 Å². The summed E-state index contributed by atoms with van der Waals surface area (Å²) in [6.07, 6.45) is 1.84. The van der Waals surface area contributed by atoms with Gasteiger partial charge in [-0.25, -0.2) is 8.78 Å². The molecule has 1 saturated heterocycles. The maximum Gasteiger partial charge on any atom is 0.251 e. The number of nitrogens with zero attached hydrogens (tertiary/aromatic N) is 2. The minimum Gasteiger partial charge on any atom is -0.369 e. The lowest BCUT2D eigenvalue weighted by atomic mass is 10.2. The van der Waals surface area contributed by atoms with Gasteiger partial charge < -0.3 is 10.2 Å². The van der Waals surface area contributed by atoms with Gasteiger partial charge in [-0.15, -0.1) is 0 Å². The molecule has 150 valence electrons. The average molecular weight is 387 g/mol. The molecule has 0 aliphatic carbocycles. The molecular weight excluding hydrogens is 360 g/mol. The van der Waals surface area contributed by atoms with Crippen molar-refractivity contribution in [2.75, 3.05) is 44.2 Å². The molecule has 4 nitrogen and oxygen atoms in total. The molecule has 0 spiro atoms. The summed E-state index contributed by atoms with van der Waals surface area (Å²) in [5, 5.41) is 2.76. The van der Waals surface area contributed by atoms with Crippen molar-refractivity contribution in [2.24, 2.45) is 0 Å². The lowest BCUT2D eigenvalue weighted by Gasteiger charge is -2.36. The van der Waals surface area contributed by atoms with Crippen molar-refractivity contribution < 1.29 is 13.6 Å². The van der Waals surface area contributed by atoms with Gasteiger partial charge in [0.05, 0.1) is 0 Å². The minimum absolute atomic E-state index is 0.145. The quantitative estimate of drug-likeness (QED) is 0.738. The van der Waals surface area contributed by atoms with Crippen LogP contribution in [0.4, 0.5) is 14.5 Å². The lowest BCUT2D eigenvalue weighted by Crippen LogP contribution is -2.46. The van der Waals surface area contributed by atoms with Gasteiger partial charge in [0.15, 0.2) is 11.6 Å². The highest BCUT2D eigenvalue weighted by atomic mass is 19.2. The van der Waals surface area contributed by atoms with Gasteiger partial charge in [-0.2, -0.15) is 0 Å². The first kappa shape index (κ1) is 20.3. The standard InChI is InChI=1S/C22H27F2N3O/c1-17-5-4-6-19(15-17)27-13-11-26(12-14-27)10-3-2-9-25-22(28)18-7-8-20(23)21(24)16-18/h4-8,15-16H,2-3,9-14H2,1H3,(H,25,28). The van der Waals surface area contributed by atoms with Crippen LogP contribution in [0.2, 0.25) is 0 Å². The summed E-state index contributed by atoms with van der Waals surface area (Å²) in [6, 6.07) is 11.8. The summed E-state index contributed by atoms with van der Waals surface area (Å²) >= 11 is 0. The second-order valence-electron chi connectivity index (χ2n) is 7.26. The van der Waals surface area contributed by atoms with Gasteiger partial charge >= 0.3 is 0 Å². The topological polar surface area (TPSA) is 35.6 Å². The van der Waals surface area contributed by atoms with Gasteiger partial charge in [0, 0.05) is 44.0 Å². The van der Waals surface area contributed by atoms with E-state index in [9.17, 15) is 13.6 Å². The highest BCUT2D eigenvalue weighted by Crippen LogP contribution is 2.18. The maximum atomic E-state index is 13.2. The smallest absolute Gasteiger partial charge is 0.251 e. The zero-order valence-corrected chi connectivity index (χ0v) is 16.3. The van der Waals surface area contributed by atoms with E-state index >= 15 is 0 Å². The van der Waals surface area contributed by atoms with Crippen molar-refractivity contribution in [1.82, 2.24) is 10.2 Å². The highest BCUT2D eigenvalue weighted by Gasteiger charge is 2.16. The van der Waals surface area contributed by atoms with Crippen molar-refractivity contribution in [3.05, 3.63) is 65.2 Å². The van der Waals surface area contributed by atoms with E-state index < -0.39 is 11.6 Å². The molecule has 1 amide bonds. The molecular formula is C22H27F2N3O. The largest absolute Gasteiger partial charge is 0.369 e. The molecule has 0 atom stereocenters. The third-order valence-electron chi connectivity index (χ3n) is 5.11. The first-order valence-corrected chi connectivity index (χ1v) is 9.80. The second kappa shape index (κ2) is 9.64. The van der Waals surface area contributed by atoms with Crippen molar-refractivity contribution in [2.45, 2.75) is 19.8 Å². The first-order valence-electron chi connectivity index (χ1n) is 9.80. The summed E-state index contributed by atoms with van der Waals surface area (Å²) in [6.45, 7) is 7.77.